The molecule has 0 fully saturated rings. The Morgan fingerprint density at radius 2 is 2.00 bits per heavy atom. The predicted octanol–water partition coefficient (Wildman–Crippen LogP) is 1.91. The molecule has 12 heavy (non-hydrogen) atoms. The van der Waals surface area contributed by atoms with Crippen LogP contribution in [0.1, 0.15) is 36.0 Å². The largest absolute Gasteiger partial charge is 0.359 e. The summed E-state index contributed by atoms with van der Waals surface area (Å²) in [5, 5.41) is 13.6. The highest BCUT2D eigenvalue weighted by Crippen LogP contribution is 2.26. The fraction of sp³-hybridized carbons (Fsp3) is 0.667. The third-order valence-corrected chi connectivity index (χ3v) is 1.84. The number of alkyl halides is 2. The van der Waals surface area contributed by atoms with E-state index in [1.807, 2.05) is 0 Å². The predicted molar refractivity (Wildman–Crippen MR) is 44.0 cm³/mol. The molecule has 0 unspecified atom stereocenters. The van der Waals surface area contributed by atoms with Gasteiger partial charge in [0, 0.05) is 5.16 Å². The molecule has 4 nitrogen and oxygen atoms in total. The second-order valence-electron chi connectivity index (χ2n) is 2.43. The van der Waals surface area contributed by atoms with Crippen LogP contribution in [0.2, 0.25) is 0 Å². The van der Waals surface area contributed by atoms with Gasteiger partial charge in [-0.25, -0.2) is 0 Å². The van der Waals surface area contributed by atoms with Crippen molar-refractivity contribution in [3.63, 3.8) is 0 Å². The van der Waals surface area contributed by atoms with Crippen LogP contribution in [0, 0.1) is 5.21 Å². The first-order valence-electron chi connectivity index (χ1n) is 3.41. The van der Waals surface area contributed by atoms with Gasteiger partial charge >= 0.3 is 0 Å². The van der Waals surface area contributed by atoms with E-state index in [4.69, 9.17) is 23.2 Å². The maximum Gasteiger partial charge on any atom is 0.240 e. The zero-order valence-electron chi connectivity index (χ0n) is 6.62. The van der Waals surface area contributed by atoms with Crippen molar-refractivity contribution in [3.8, 4) is 0 Å². The Morgan fingerprint density at radius 3 is 2.33 bits per heavy atom. The van der Waals surface area contributed by atoms with Gasteiger partial charge in [-0.05, 0) is 18.8 Å². The van der Waals surface area contributed by atoms with E-state index in [0.717, 1.165) is 0 Å². The molecule has 0 bridgehead atoms. The van der Waals surface area contributed by atoms with Crippen LogP contribution >= 0.6 is 23.2 Å². The summed E-state index contributed by atoms with van der Waals surface area (Å²) in [5.74, 6) is 0. The van der Waals surface area contributed by atoms with Crippen molar-refractivity contribution in [3.05, 3.63) is 16.6 Å². The lowest BCUT2D eigenvalue weighted by molar-refractivity contribution is -0.808. The van der Waals surface area contributed by atoms with E-state index in [9.17, 15) is 5.21 Å². The summed E-state index contributed by atoms with van der Waals surface area (Å²) in [6.07, 6.45) is 0. The summed E-state index contributed by atoms with van der Waals surface area (Å²) in [6.45, 7) is 3.35. The Bertz CT molecular complexity index is 273. The minimum atomic E-state index is -0.454. The van der Waals surface area contributed by atoms with Crippen LogP contribution in [-0.4, -0.2) is 5.16 Å². The van der Waals surface area contributed by atoms with E-state index in [0.29, 0.717) is 5.69 Å². The SMILES string of the molecule is C[C@@H](Cl)c1no[n+]([O-])c1[C@@H](C)Cl. The first-order valence-corrected chi connectivity index (χ1v) is 4.29. The van der Waals surface area contributed by atoms with E-state index < -0.39 is 5.38 Å². The van der Waals surface area contributed by atoms with Gasteiger partial charge in [-0.15, -0.1) is 23.2 Å². The lowest BCUT2D eigenvalue weighted by Gasteiger charge is -1.99. The highest BCUT2D eigenvalue weighted by atomic mass is 35.5. The van der Waals surface area contributed by atoms with Gasteiger partial charge in [-0.3, -0.25) is 4.63 Å². The Morgan fingerprint density at radius 1 is 1.42 bits per heavy atom. The van der Waals surface area contributed by atoms with E-state index >= 15 is 0 Å². The van der Waals surface area contributed by atoms with Gasteiger partial charge < -0.3 is 5.21 Å². The zero-order valence-corrected chi connectivity index (χ0v) is 8.13. The maximum absolute atomic E-state index is 10.9. The van der Waals surface area contributed by atoms with Crippen LogP contribution < -0.4 is 4.90 Å². The second kappa shape index (κ2) is 3.49. The minimum Gasteiger partial charge on any atom is -0.359 e. The molecule has 0 N–H and O–H groups in total. The Labute approximate surface area is 79.6 Å². The molecule has 0 saturated carbocycles. The van der Waals surface area contributed by atoms with Gasteiger partial charge in [-0.2, -0.15) is 0 Å². The van der Waals surface area contributed by atoms with Gasteiger partial charge in [0.2, 0.25) is 11.4 Å². The Balaban J connectivity index is 3.12. The number of rotatable bonds is 2. The van der Waals surface area contributed by atoms with Crippen LogP contribution in [0.25, 0.3) is 0 Å². The lowest BCUT2D eigenvalue weighted by Crippen LogP contribution is -2.29. The van der Waals surface area contributed by atoms with Gasteiger partial charge in [0.15, 0.2) is 0 Å². The molecule has 68 valence electrons. The van der Waals surface area contributed by atoms with Crippen molar-refractivity contribution in [2.75, 3.05) is 0 Å². The molecule has 0 radical (unpaired) electrons. The van der Waals surface area contributed by atoms with E-state index in [1.165, 1.54) is 0 Å². The summed E-state index contributed by atoms with van der Waals surface area (Å²) in [5.41, 5.74) is 0.674. The molecule has 1 heterocycles. The molecule has 0 aliphatic rings. The molecule has 2 atom stereocenters. The van der Waals surface area contributed by atoms with Crippen molar-refractivity contribution in [1.82, 2.24) is 5.16 Å². The fourth-order valence-electron chi connectivity index (χ4n) is 0.891. The summed E-state index contributed by atoms with van der Waals surface area (Å²) in [6, 6.07) is 0. The zero-order chi connectivity index (χ0) is 9.30. The van der Waals surface area contributed by atoms with Gasteiger partial charge in [0.1, 0.15) is 10.8 Å². The van der Waals surface area contributed by atoms with Gasteiger partial charge in [0.25, 0.3) is 0 Å². The second-order valence-corrected chi connectivity index (χ2v) is 3.74. The molecule has 6 heteroatoms. The van der Waals surface area contributed by atoms with Crippen LogP contribution in [0.5, 0.6) is 0 Å². The Kier molecular flexibility index (Phi) is 2.80. The molecule has 1 aromatic heterocycles. The number of halogens is 2. The molecule has 0 spiro atoms. The van der Waals surface area contributed by atoms with E-state index in [-0.39, 0.29) is 16.0 Å². The van der Waals surface area contributed by atoms with Crippen LogP contribution in [-0.2, 0) is 0 Å². The quantitative estimate of drug-likeness (QED) is 0.554. The fourth-order valence-corrected chi connectivity index (χ4v) is 1.23. The van der Waals surface area contributed by atoms with Gasteiger partial charge in [-0.1, -0.05) is 0 Å². The Hall–Kier alpha value is -0.480. The first kappa shape index (κ1) is 9.61. The third kappa shape index (κ3) is 1.64. The van der Waals surface area contributed by atoms with Crippen molar-refractivity contribution in [2.45, 2.75) is 24.6 Å². The summed E-state index contributed by atoms with van der Waals surface area (Å²) in [4.78, 5) is 0.284. The highest BCUT2D eigenvalue weighted by Gasteiger charge is 2.26. The van der Waals surface area contributed by atoms with Crippen LogP contribution in [0.4, 0.5) is 0 Å². The summed E-state index contributed by atoms with van der Waals surface area (Å²) >= 11 is 11.5. The number of aromatic nitrogens is 2. The van der Waals surface area contributed by atoms with Crippen molar-refractivity contribution < 1.29 is 9.53 Å². The van der Waals surface area contributed by atoms with Crippen LogP contribution in [0.15, 0.2) is 4.63 Å². The molecule has 1 rings (SSSR count). The monoisotopic (exact) mass is 210 g/mol. The number of hydrogen-bond acceptors (Lipinski definition) is 3. The van der Waals surface area contributed by atoms with Crippen molar-refractivity contribution in [2.24, 2.45) is 0 Å². The molecular formula is C6H8Cl2N2O2. The maximum atomic E-state index is 10.9. The average Bonchev–Trinajstić information content (AvgIpc) is 2.30. The standard InChI is InChI=1S/C6H8Cl2N2O2/c1-3(7)5-6(4(2)8)10(11)12-9-5/h3-4H,1-2H3/t3-,4-/m1/s1. The summed E-state index contributed by atoms with van der Waals surface area (Å²) in [7, 11) is 0. The average molecular weight is 211 g/mol. The molecule has 0 aromatic carbocycles. The van der Waals surface area contributed by atoms with Gasteiger partial charge in [0.05, 0.1) is 0 Å². The highest BCUT2D eigenvalue weighted by molar-refractivity contribution is 6.22. The topological polar surface area (TPSA) is 53.0 Å². The molecule has 0 aliphatic carbocycles. The first-order chi connectivity index (χ1) is 5.54. The molecule has 1 aromatic rings. The van der Waals surface area contributed by atoms with Crippen LogP contribution in [0.3, 0.4) is 0 Å². The normalized spacial score (nSPS) is 16.0. The van der Waals surface area contributed by atoms with Crippen molar-refractivity contribution >= 4 is 23.2 Å². The summed E-state index contributed by atoms with van der Waals surface area (Å²) < 4.78 is 4.36. The minimum absolute atomic E-state index is 0.277. The molecule has 0 saturated heterocycles. The lowest BCUT2D eigenvalue weighted by atomic mass is 10.2. The molecule has 0 amide bonds. The van der Waals surface area contributed by atoms with E-state index in [2.05, 4.69) is 9.79 Å². The number of hydrogen-bond donors (Lipinski definition) is 0. The smallest absolute Gasteiger partial charge is 0.240 e. The van der Waals surface area contributed by atoms with E-state index in [1.54, 1.807) is 13.8 Å². The van der Waals surface area contributed by atoms with Crippen molar-refractivity contribution in [1.29, 1.82) is 0 Å². The molecule has 0 aliphatic heterocycles. The number of nitrogens with zero attached hydrogens (tertiary/aromatic N) is 2. The third-order valence-electron chi connectivity index (χ3n) is 1.43. The molecular weight excluding hydrogens is 203 g/mol.